The largest absolute Gasteiger partial charge is 0.383 e. The monoisotopic (exact) mass is 397 g/mol. The van der Waals surface area contributed by atoms with E-state index in [2.05, 4.69) is 36.8 Å². The van der Waals surface area contributed by atoms with Crippen molar-refractivity contribution in [2.24, 2.45) is 0 Å². The number of carbonyl (C=O) groups excluding carboxylic acids is 1. The van der Waals surface area contributed by atoms with Crippen LogP contribution in [-0.4, -0.2) is 22.8 Å². The lowest BCUT2D eigenvalue weighted by Crippen LogP contribution is -2.27. The molecule has 0 saturated heterocycles. The highest BCUT2D eigenvalue weighted by Crippen LogP contribution is 2.20. The summed E-state index contributed by atoms with van der Waals surface area (Å²) < 4.78 is 1.70. The Hall–Kier alpha value is -1.40. The maximum atomic E-state index is 12.4. The number of carbonyl (C=O) groups is 1. The van der Waals surface area contributed by atoms with Crippen LogP contribution in [0.25, 0.3) is 0 Å². The van der Waals surface area contributed by atoms with Crippen molar-refractivity contribution in [1.82, 2.24) is 9.88 Å². The summed E-state index contributed by atoms with van der Waals surface area (Å²) >= 11 is 6.77. The van der Waals surface area contributed by atoms with Crippen molar-refractivity contribution >= 4 is 43.6 Å². The van der Waals surface area contributed by atoms with Crippen molar-refractivity contribution in [3.05, 3.63) is 56.6 Å². The van der Waals surface area contributed by atoms with E-state index in [1.165, 1.54) is 0 Å². The lowest BCUT2D eigenvalue weighted by atomic mass is 10.2. The molecule has 0 aliphatic carbocycles. The van der Waals surface area contributed by atoms with Crippen LogP contribution in [0.15, 0.2) is 45.5 Å². The number of nitrogens with zero attached hydrogens (tertiary/aromatic N) is 2. The summed E-state index contributed by atoms with van der Waals surface area (Å²) in [5, 5.41) is 0. The van der Waals surface area contributed by atoms with E-state index in [1.807, 2.05) is 24.3 Å². The molecule has 0 bridgehead atoms. The minimum Gasteiger partial charge on any atom is -0.383 e. The highest BCUT2D eigenvalue weighted by molar-refractivity contribution is 9.10. The van der Waals surface area contributed by atoms with E-state index < -0.39 is 0 Å². The van der Waals surface area contributed by atoms with Crippen LogP contribution in [-0.2, 0) is 6.54 Å². The molecule has 0 saturated carbocycles. The molecular formula is C14H13Br2N3O. The summed E-state index contributed by atoms with van der Waals surface area (Å²) in [6, 6.07) is 9.47. The number of amides is 1. The summed E-state index contributed by atoms with van der Waals surface area (Å²) in [6.45, 7) is 0.492. The zero-order chi connectivity index (χ0) is 14.7. The Kier molecular flexibility index (Phi) is 4.77. The van der Waals surface area contributed by atoms with Crippen LogP contribution in [0, 0.1) is 0 Å². The molecule has 2 aromatic rings. The summed E-state index contributed by atoms with van der Waals surface area (Å²) in [7, 11) is 1.74. The maximum absolute atomic E-state index is 12.4. The molecule has 2 rings (SSSR count). The molecule has 0 spiro atoms. The van der Waals surface area contributed by atoms with E-state index in [9.17, 15) is 4.79 Å². The lowest BCUT2D eigenvalue weighted by Gasteiger charge is -2.19. The third kappa shape index (κ3) is 3.37. The number of nitrogen functional groups attached to an aromatic ring is 1. The third-order valence-corrected chi connectivity index (χ3v) is 4.03. The fraction of sp³-hybridized carbons (Fsp3) is 0.143. The first kappa shape index (κ1) is 15.0. The Morgan fingerprint density at radius 3 is 2.75 bits per heavy atom. The molecule has 1 heterocycles. The summed E-state index contributed by atoms with van der Waals surface area (Å²) in [5.41, 5.74) is 7.19. The zero-order valence-corrected chi connectivity index (χ0v) is 14.0. The number of nitrogens with two attached hydrogens (primary N) is 1. The molecule has 1 aromatic heterocycles. The van der Waals surface area contributed by atoms with Gasteiger partial charge in [0.15, 0.2) is 0 Å². The number of halogens is 2. The smallest absolute Gasteiger partial charge is 0.257 e. The molecule has 0 aliphatic rings. The first-order valence-corrected chi connectivity index (χ1v) is 7.47. The van der Waals surface area contributed by atoms with Crippen molar-refractivity contribution in [3.63, 3.8) is 0 Å². The Balaban J connectivity index is 2.21. The van der Waals surface area contributed by atoms with Crippen LogP contribution in [0.3, 0.4) is 0 Å². The predicted octanol–water partition coefficient (Wildman–Crippen LogP) is 3.46. The SMILES string of the molecule is CN(Cc1ccccc1Br)C(=O)c1cc(Br)cnc1N. The van der Waals surface area contributed by atoms with Gasteiger partial charge in [-0.3, -0.25) is 4.79 Å². The average molecular weight is 399 g/mol. The van der Waals surface area contributed by atoms with Gasteiger partial charge in [0.05, 0.1) is 5.56 Å². The molecule has 104 valence electrons. The number of anilines is 1. The van der Waals surface area contributed by atoms with Crippen LogP contribution in [0.4, 0.5) is 5.82 Å². The van der Waals surface area contributed by atoms with Gasteiger partial charge < -0.3 is 10.6 Å². The molecule has 1 aromatic carbocycles. The van der Waals surface area contributed by atoms with Crippen LogP contribution in [0.2, 0.25) is 0 Å². The molecule has 0 aliphatic heterocycles. The highest BCUT2D eigenvalue weighted by atomic mass is 79.9. The molecule has 0 radical (unpaired) electrons. The zero-order valence-electron chi connectivity index (χ0n) is 10.8. The Morgan fingerprint density at radius 2 is 2.05 bits per heavy atom. The second kappa shape index (κ2) is 6.37. The van der Waals surface area contributed by atoms with Gasteiger partial charge in [0, 0.05) is 28.7 Å². The summed E-state index contributed by atoms with van der Waals surface area (Å²) in [5.74, 6) is 0.0734. The van der Waals surface area contributed by atoms with Crippen molar-refractivity contribution in [3.8, 4) is 0 Å². The first-order chi connectivity index (χ1) is 9.49. The number of hydrogen-bond donors (Lipinski definition) is 1. The van der Waals surface area contributed by atoms with Crippen LogP contribution in [0.5, 0.6) is 0 Å². The Labute approximate surface area is 134 Å². The minimum absolute atomic E-state index is 0.160. The van der Waals surface area contributed by atoms with E-state index in [0.717, 1.165) is 14.5 Å². The van der Waals surface area contributed by atoms with Gasteiger partial charge in [0.2, 0.25) is 0 Å². The third-order valence-electron chi connectivity index (χ3n) is 2.83. The standard InChI is InChI=1S/C14H13Br2N3O/c1-19(8-9-4-2-3-5-12(9)16)14(20)11-6-10(15)7-18-13(11)17/h2-7H,8H2,1H3,(H2,17,18). The Morgan fingerprint density at radius 1 is 1.35 bits per heavy atom. The van der Waals surface area contributed by atoms with E-state index in [4.69, 9.17) is 5.73 Å². The van der Waals surface area contributed by atoms with Crippen LogP contribution in [0.1, 0.15) is 15.9 Å². The molecule has 0 fully saturated rings. The minimum atomic E-state index is -0.160. The van der Waals surface area contributed by atoms with Crippen molar-refractivity contribution in [1.29, 1.82) is 0 Å². The van der Waals surface area contributed by atoms with Gasteiger partial charge in [-0.25, -0.2) is 4.98 Å². The van der Waals surface area contributed by atoms with Gasteiger partial charge in [-0.15, -0.1) is 0 Å². The van der Waals surface area contributed by atoms with Crippen molar-refractivity contribution in [2.75, 3.05) is 12.8 Å². The fourth-order valence-electron chi connectivity index (χ4n) is 1.78. The van der Waals surface area contributed by atoms with E-state index in [-0.39, 0.29) is 11.7 Å². The number of pyridine rings is 1. The normalized spacial score (nSPS) is 10.3. The summed E-state index contributed by atoms with van der Waals surface area (Å²) in [4.78, 5) is 18.0. The molecule has 1 amide bonds. The second-order valence-corrected chi connectivity index (χ2v) is 6.11. The highest BCUT2D eigenvalue weighted by Gasteiger charge is 2.17. The van der Waals surface area contributed by atoms with Gasteiger partial charge in [0.1, 0.15) is 5.82 Å². The summed E-state index contributed by atoms with van der Waals surface area (Å²) in [6.07, 6.45) is 1.57. The number of benzene rings is 1. The van der Waals surface area contributed by atoms with Crippen molar-refractivity contribution < 1.29 is 4.79 Å². The van der Waals surface area contributed by atoms with Gasteiger partial charge in [-0.05, 0) is 33.6 Å². The van der Waals surface area contributed by atoms with E-state index >= 15 is 0 Å². The topological polar surface area (TPSA) is 59.2 Å². The molecule has 6 heteroatoms. The maximum Gasteiger partial charge on any atom is 0.257 e. The van der Waals surface area contributed by atoms with Gasteiger partial charge in [-0.1, -0.05) is 34.1 Å². The average Bonchev–Trinajstić information content (AvgIpc) is 2.43. The number of aromatic nitrogens is 1. The van der Waals surface area contributed by atoms with Gasteiger partial charge >= 0.3 is 0 Å². The van der Waals surface area contributed by atoms with E-state index in [0.29, 0.717) is 12.1 Å². The number of hydrogen-bond acceptors (Lipinski definition) is 3. The van der Waals surface area contributed by atoms with E-state index in [1.54, 1.807) is 24.2 Å². The van der Waals surface area contributed by atoms with Gasteiger partial charge in [-0.2, -0.15) is 0 Å². The first-order valence-electron chi connectivity index (χ1n) is 5.89. The predicted molar refractivity (Wildman–Crippen MR) is 86.3 cm³/mol. The second-order valence-electron chi connectivity index (χ2n) is 4.34. The van der Waals surface area contributed by atoms with Gasteiger partial charge in [0.25, 0.3) is 5.91 Å². The fourth-order valence-corrected chi connectivity index (χ4v) is 2.52. The Bertz CT molecular complexity index is 646. The quantitative estimate of drug-likeness (QED) is 0.861. The lowest BCUT2D eigenvalue weighted by molar-refractivity contribution is 0.0785. The van der Waals surface area contributed by atoms with Crippen LogP contribution < -0.4 is 5.73 Å². The van der Waals surface area contributed by atoms with Crippen molar-refractivity contribution in [2.45, 2.75) is 6.54 Å². The van der Waals surface area contributed by atoms with Crippen LogP contribution >= 0.6 is 31.9 Å². The molecule has 0 atom stereocenters. The number of rotatable bonds is 3. The molecule has 0 unspecified atom stereocenters. The molecule has 20 heavy (non-hydrogen) atoms. The molecular weight excluding hydrogens is 386 g/mol. The molecule has 2 N–H and O–H groups in total. The molecule has 4 nitrogen and oxygen atoms in total.